The summed E-state index contributed by atoms with van der Waals surface area (Å²) in [7, 11) is 1.31. The number of fused-ring (bicyclic) bond motifs is 1. The van der Waals surface area contributed by atoms with E-state index >= 15 is 0 Å². The summed E-state index contributed by atoms with van der Waals surface area (Å²) < 4.78 is 36.8. The zero-order valence-electron chi connectivity index (χ0n) is 13.6. The first-order valence-electron chi connectivity index (χ1n) is 7.50. The van der Waals surface area contributed by atoms with Gasteiger partial charge in [0, 0.05) is 22.4 Å². The number of imidazole rings is 1. The van der Waals surface area contributed by atoms with E-state index in [1.807, 2.05) is 22.7 Å². The predicted molar refractivity (Wildman–Crippen MR) is 93.7 cm³/mol. The Morgan fingerprint density at radius 2 is 2.08 bits per heavy atom. The fraction of sp³-hybridized carbons (Fsp3) is 0.176. The van der Waals surface area contributed by atoms with Crippen molar-refractivity contribution in [1.29, 1.82) is 0 Å². The molecule has 2 aromatic heterocycles. The molecule has 136 valence electrons. The molecule has 6 nitrogen and oxygen atoms in total. The SMILES string of the molecule is COc1cc(C(=O)NCc2cn3cc(Br)ccc3n2)ccc1OC(F)F. The highest BCUT2D eigenvalue weighted by Crippen LogP contribution is 2.29. The van der Waals surface area contributed by atoms with Crippen LogP contribution in [0.5, 0.6) is 11.5 Å². The number of carbonyl (C=O) groups excluding carboxylic acids is 1. The maximum atomic E-state index is 12.3. The largest absolute Gasteiger partial charge is 0.493 e. The van der Waals surface area contributed by atoms with Crippen molar-refractivity contribution in [3.8, 4) is 11.5 Å². The number of aromatic nitrogens is 2. The van der Waals surface area contributed by atoms with Crippen LogP contribution in [0.3, 0.4) is 0 Å². The number of rotatable bonds is 6. The average molecular weight is 426 g/mol. The zero-order valence-corrected chi connectivity index (χ0v) is 15.2. The van der Waals surface area contributed by atoms with Gasteiger partial charge in [-0.3, -0.25) is 4.79 Å². The zero-order chi connectivity index (χ0) is 18.7. The molecule has 1 amide bonds. The molecule has 3 rings (SSSR count). The lowest BCUT2D eigenvalue weighted by molar-refractivity contribution is -0.0512. The van der Waals surface area contributed by atoms with Gasteiger partial charge in [-0.1, -0.05) is 0 Å². The minimum Gasteiger partial charge on any atom is -0.493 e. The number of pyridine rings is 1. The van der Waals surface area contributed by atoms with Gasteiger partial charge in [-0.25, -0.2) is 4.98 Å². The molecule has 3 aromatic rings. The normalized spacial score (nSPS) is 11.0. The summed E-state index contributed by atoms with van der Waals surface area (Å²) in [6.07, 6.45) is 3.67. The van der Waals surface area contributed by atoms with Crippen molar-refractivity contribution >= 4 is 27.5 Å². The van der Waals surface area contributed by atoms with E-state index in [9.17, 15) is 13.6 Å². The molecule has 0 aliphatic rings. The fourth-order valence-electron chi connectivity index (χ4n) is 2.38. The van der Waals surface area contributed by atoms with Gasteiger partial charge in [-0.2, -0.15) is 8.78 Å². The molecule has 0 aliphatic carbocycles. The van der Waals surface area contributed by atoms with Gasteiger partial charge in [0.15, 0.2) is 11.5 Å². The molecule has 0 aliphatic heterocycles. The molecule has 2 heterocycles. The molecular formula is C17H14BrF2N3O3. The van der Waals surface area contributed by atoms with E-state index in [4.69, 9.17) is 4.74 Å². The summed E-state index contributed by atoms with van der Waals surface area (Å²) in [5.74, 6) is -0.467. The van der Waals surface area contributed by atoms with Crippen molar-refractivity contribution in [3.05, 3.63) is 58.5 Å². The summed E-state index contributed by atoms with van der Waals surface area (Å²) >= 11 is 3.38. The number of carbonyl (C=O) groups is 1. The van der Waals surface area contributed by atoms with E-state index in [0.717, 1.165) is 10.1 Å². The molecule has 1 N–H and O–H groups in total. The number of ether oxygens (including phenoxy) is 2. The Morgan fingerprint density at radius 1 is 1.27 bits per heavy atom. The lowest BCUT2D eigenvalue weighted by atomic mass is 10.2. The van der Waals surface area contributed by atoms with Gasteiger partial charge in [-0.05, 0) is 46.3 Å². The standard InChI is InChI=1S/C17H14BrF2N3O3/c1-25-14-6-10(2-4-13(14)26-17(19)20)16(24)21-7-12-9-23-8-11(18)3-5-15(23)22-12/h2-6,8-9,17H,7H2,1H3,(H,21,24). The van der Waals surface area contributed by atoms with Crippen molar-refractivity contribution < 1.29 is 23.0 Å². The molecule has 0 saturated heterocycles. The van der Waals surface area contributed by atoms with Gasteiger partial charge < -0.3 is 19.2 Å². The van der Waals surface area contributed by atoms with Gasteiger partial charge in [0.1, 0.15) is 5.65 Å². The Labute approximate surface area is 155 Å². The van der Waals surface area contributed by atoms with E-state index in [1.54, 1.807) is 6.20 Å². The molecule has 0 spiro atoms. The third-order valence-electron chi connectivity index (χ3n) is 3.54. The molecule has 1 aromatic carbocycles. The second-order valence-electron chi connectivity index (χ2n) is 5.27. The van der Waals surface area contributed by atoms with Crippen LogP contribution in [0.2, 0.25) is 0 Å². The Morgan fingerprint density at radius 3 is 2.81 bits per heavy atom. The lowest BCUT2D eigenvalue weighted by Gasteiger charge is -2.11. The molecule has 0 fully saturated rings. The number of nitrogens with one attached hydrogen (secondary N) is 1. The number of amides is 1. The van der Waals surface area contributed by atoms with Gasteiger partial charge in [0.2, 0.25) is 0 Å². The molecule has 0 saturated carbocycles. The number of hydrogen-bond donors (Lipinski definition) is 1. The molecule has 26 heavy (non-hydrogen) atoms. The first kappa shape index (κ1) is 18.1. The highest BCUT2D eigenvalue weighted by Gasteiger charge is 2.14. The second kappa shape index (κ2) is 7.69. The number of alkyl halides is 2. The average Bonchev–Trinajstić information content (AvgIpc) is 3.01. The van der Waals surface area contributed by atoms with Crippen LogP contribution < -0.4 is 14.8 Å². The van der Waals surface area contributed by atoms with Crippen molar-refractivity contribution in [2.24, 2.45) is 0 Å². The minimum atomic E-state index is -2.97. The summed E-state index contributed by atoms with van der Waals surface area (Å²) in [5, 5.41) is 2.73. The summed E-state index contributed by atoms with van der Waals surface area (Å²) in [6, 6.07) is 7.72. The number of methoxy groups -OCH3 is 1. The Kier molecular flexibility index (Phi) is 5.36. The van der Waals surface area contributed by atoms with Crippen LogP contribution in [0.4, 0.5) is 8.78 Å². The van der Waals surface area contributed by atoms with Crippen LogP contribution in [-0.2, 0) is 6.54 Å². The van der Waals surface area contributed by atoms with Gasteiger partial charge >= 0.3 is 6.61 Å². The number of hydrogen-bond acceptors (Lipinski definition) is 4. The van der Waals surface area contributed by atoms with Crippen LogP contribution in [0, 0.1) is 0 Å². The van der Waals surface area contributed by atoms with Gasteiger partial charge in [-0.15, -0.1) is 0 Å². The van der Waals surface area contributed by atoms with E-state index in [0.29, 0.717) is 5.69 Å². The van der Waals surface area contributed by atoms with Crippen LogP contribution >= 0.6 is 15.9 Å². The number of nitrogens with zero attached hydrogens (tertiary/aromatic N) is 2. The topological polar surface area (TPSA) is 64.9 Å². The maximum Gasteiger partial charge on any atom is 0.387 e. The molecule has 0 radical (unpaired) electrons. The quantitative estimate of drug-likeness (QED) is 0.654. The monoisotopic (exact) mass is 425 g/mol. The van der Waals surface area contributed by atoms with E-state index in [-0.39, 0.29) is 29.5 Å². The van der Waals surface area contributed by atoms with Crippen molar-refractivity contribution in [3.63, 3.8) is 0 Å². The van der Waals surface area contributed by atoms with Crippen LogP contribution in [0.25, 0.3) is 5.65 Å². The molecule has 0 unspecified atom stereocenters. The molecular weight excluding hydrogens is 412 g/mol. The van der Waals surface area contributed by atoms with Crippen LogP contribution in [-0.4, -0.2) is 29.0 Å². The number of benzene rings is 1. The van der Waals surface area contributed by atoms with Crippen molar-refractivity contribution in [2.45, 2.75) is 13.2 Å². The Balaban J connectivity index is 1.70. The predicted octanol–water partition coefficient (Wildman–Crippen LogP) is 3.64. The maximum absolute atomic E-state index is 12.3. The van der Waals surface area contributed by atoms with Crippen molar-refractivity contribution in [2.75, 3.05) is 7.11 Å². The van der Waals surface area contributed by atoms with Crippen molar-refractivity contribution in [1.82, 2.24) is 14.7 Å². The first-order valence-corrected chi connectivity index (χ1v) is 8.30. The highest BCUT2D eigenvalue weighted by molar-refractivity contribution is 9.10. The second-order valence-corrected chi connectivity index (χ2v) is 6.19. The van der Waals surface area contributed by atoms with Gasteiger partial charge in [0.25, 0.3) is 5.91 Å². The van der Waals surface area contributed by atoms with Gasteiger partial charge in [0.05, 0.1) is 19.3 Å². The third-order valence-corrected chi connectivity index (χ3v) is 4.01. The molecule has 9 heteroatoms. The smallest absolute Gasteiger partial charge is 0.387 e. The molecule has 0 bridgehead atoms. The summed E-state index contributed by atoms with van der Waals surface area (Å²) in [5.41, 5.74) is 1.70. The summed E-state index contributed by atoms with van der Waals surface area (Å²) in [6.45, 7) is -2.76. The number of halogens is 3. The fourth-order valence-corrected chi connectivity index (χ4v) is 2.73. The molecule has 0 atom stereocenters. The minimum absolute atomic E-state index is 0.0514. The third kappa shape index (κ3) is 4.10. The van der Waals surface area contributed by atoms with Crippen LogP contribution in [0.1, 0.15) is 16.1 Å². The highest BCUT2D eigenvalue weighted by atomic mass is 79.9. The van der Waals surface area contributed by atoms with E-state index < -0.39 is 6.61 Å². The lowest BCUT2D eigenvalue weighted by Crippen LogP contribution is -2.23. The van der Waals surface area contributed by atoms with Crippen LogP contribution in [0.15, 0.2) is 47.2 Å². The first-order chi connectivity index (χ1) is 12.5. The Bertz CT molecular complexity index is 946. The van der Waals surface area contributed by atoms with E-state index in [1.165, 1.54) is 25.3 Å². The Hall–Kier alpha value is -2.68. The van der Waals surface area contributed by atoms with E-state index in [2.05, 4.69) is 31.0 Å². The summed E-state index contributed by atoms with van der Waals surface area (Å²) in [4.78, 5) is 16.7.